The highest BCUT2D eigenvalue weighted by molar-refractivity contribution is 8.16. The lowest BCUT2D eigenvalue weighted by molar-refractivity contribution is -0.139. The number of amides is 1. The fraction of sp³-hybridized carbons (Fsp3) is 0.296. The Kier molecular flexibility index (Phi) is 7.22. The highest BCUT2D eigenvalue weighted by atomic mass is 32.2. The molecule has 2 heterocycles. The maximum Gasteiger partial charge on any atom is 0.338 e. The average molecular weight is 476 g/mol. The van der Waals surface area contributed by atoms with Crippen LogP contribution in [0.1, 0.15) is 49.9 Å². The van der Waals surface area contributed by atoms with Gasteiger partial charge in [0.1, 0.15) is 0 Å². The van der Waals surface area contributed by atoms with Gasteiger partial charge in [-0.15, -0.1) is 0 Å². The third kappa shape index (κ3) is 4.94. The van der Waals surface area contributed by atoms with Crippen LogP contribution in [0.5, 0.6) is 0 Å². The van der Waals surface area contributed by atoms with Crippen LogP contribution in [0.3, 0.4) is 0 Å². The van der Waals surface area contributed by atoms with Crippen LogP contribution in [0.25, 0.3) is 5.70 Å². The van der Waals surface area contributed by atoms with Crippen molar-refractivity contribution in [3.63, 3.8) is 0 Å². The molecule has 0 aromatic heterocycles. The largest absolute Gasteiger partial charge is 0.463 e. The molecule has 0 radical (unpaired) electrons. The number of aliphatic imine (C=N–C) groups is 1. The van der Waals surface area contributed by atoms with Crippen molar-refractivity contribution < 1.29 is 14.3 Å². The predicted octanol–water partition coefficient (Wildman–Crippen LogP) is 5.19. The van der Waals surface area contributed by atoms with Crippen molar-refractivity contribution >= 4 is 34.5 Å². The number of fused-ring (bicyclic) bond motifs is 1. The number of amidine groups is 1. The van der Waals surface area contributed by atoms with Crippen molar-refractivity contribution in [1.29, 1.82) is 0 Å². The molecule has 2 aliphatic heterocycles. The molecule has 0 saturated carbocycles. The van der Waals surface area contributed by atoms with E-state index in [0.717, 1.165) is 27.6 Å². The summed E-state index contributed by atoms with van der Waals surface area (Å²) in [5.41, 5.74) is 4.76. The lowest BCUT2D eigenvalue weighted by Crippen LogP contribution is -2.38. The Bertz CT molecular complexity index is 1180. The minimum Gasteiger partial charge on any atom is -0.463 e. The first-order chi connectivity index (χ1) is 16.4. The molecule has 0 unspecified atom stereocenters. The molecule has 0 aliphatic carbocycles. The summed E-state index contributed by atoms with van der Waals surface area (Å²) in [4.78, 5) is 33.0. The fourth-order valence-corrected chi connectivity index (χ4v) is 5.10. The molecule has 2 aromatic carbocycles. The van der Waals surface area contributed by atoms with Crippen molar-refractivity contribution in [2.24, 2.45) is 4.99 Å². The lowest BCUT2D eigenvalue weighted by atomic mass is 9.90. The van der Waals surface area contributed by atoms with Crippen molar-refractivity contribution in [2.45, 2.75) is 46.2 Å². The van der Waals surface area contributed by atoms with E-state index >= 15 is 0 Å². The van der Waals surface area contributed by atoms with E-state index in [4.69, 9.17) is 9.73 Å². The van der Waals surface area contributed by atoms with Gasteiger partial charge < -0.3 is 15.0 Å². The van der Waals surface area contributed by atoms with E-state index in [2.05, 4.69) is 11.4 Å². The van der Waals surface area contributed by atoms with Crippen LogP contribution < -0.4 is 5.32 Å². The Morgan fingerprint density at radius 2 is 1.91 bits per heavy atom. The quantitative estimate of drug-likeness (QED) is 0.559. The molecule has 2 aromatic rings. The molecule has 6 nitrogen and oxygen atoms in total. The normalized spacial score (nSPS) is 17.3. The topological polar surface area (TPSA) is 71.0 Å². The number of rotatable bonds is 7. The van der Waals surface area contributed by atoms with Crippen LogP contribution >= 0.6 is 11.8 Å². The zero-order valence-corrected chi connectivity index (χ0v) is 20.7. The van der Waals surface area contributed by atoms with Gasteiger partial charge in [-0.1, -0.05) is 71.9 Å². The zero-order chi connectivity index (χ0) is 24.2. The second-order valence-corrected chi connectivity index (χ2v) is 9.39. The second-order valence-electron chi connectivity index (χ2n) is 8.56. The first-order valence-electron chi connectivity index (χ1n) is 11.4. The van der Waals surface area contributed by atoms with E-state index < -0.39 is 12.0 Å². The maximum absolute atomic E-state index is 13.4. The van der Waals surface area contributed by atoms with Crippen LogP contribution in [0.4, 0.5) is 0 Å². The Labute approximate surface area is 204 Å². The molecular formula is C27H29N3O3S. The predicted molar refractivity (Wildman–Crippen MR) is 137 cm³/mol. The van der Waals surface area contributed by atoms with E-state index in [1.165, 1.54) is 11.8 Å². The van der Waals surface area contributed by atoms with Gasteiger partial charge in [-0.05, 0) is 38.7 Å². The van der Waals surface area contributed by atoms with Crippen LogP contribution in [0.2, 0.25) is 0 Å². The monoisotopic (exact) mass is 475 g/mol. The van der Waals surface area contributed by atoms with Gasteiger partial charge in [-0.25, -0.2) is 9.79 Å². The molecule has 176 valence electrons. The van der Waals surface area contributed by atoms with Crippen LogP contribution in [-0.2, 0) is 14.3 Å². The molecule has 34 heavy (non-hydrogen) atoms. The van der Waals surface area contributed by atoms with E-state index in [9.17, 15) is 9.59 Å². The number of nitrogens with one attached hydrogen (secondary N) is 1. The standard InChI is InChI=1S/C27H29N3O3S/c1-5-33-26(32)23-24(19-11-7-6-8-12-19)29-27-30(25(23)20-13-9-10-18(4)14-20)21(16-34-27)15-22(31)28-17(2)3/h6-14,16-17,25H,5,15H2,1-4H3,(H,28,31)/t25-/m1/s1. The Hall–Kier alpha value is -3.32. The van der Waals surface area contributed by atoms with Crippen molar-refractivity contribution in [3.8, 4) is 0 Å². The number of benzene rings is 2. The number of ether oxygens (including phenoxy) is 1. The van der Waals surface area contributed by atoms with Gasteiger partial charge in [-0.3, -0.25) is 4.79 Å². The smallest absolute Gasteiger partial charge is 0.338 e. The summed E-state index contributed by atoms with van der Waals surface area (Å²) in [5.74, 6) is -0.472. The Morgan fingerprint density at radius 1 is 1.15 bits per heavy atom. The van der Waals surface area contributed by atoms with Gasteiger partial charge >= 0.3 is 5.97 Å². The minimum atomic E-state index is -0.463. The number of thioether (sulfide) groups is 1. The highest BCUT2D eigenvalue weighted by Gasteiger charge is 2.42. The Morgan fingerprint density at radius 3 is 2.59 bits per heavy atom. The lowest BCUT2D eigenvalue weighted by Gasteiger charge is -2.37. The number of aryl methyl sites for hydroxylation is 1. The van der Waals surface area contributed by atoms with E-state index in [1.54, 1.807) is 6.92 Å². The van der Waals surface area contributed by atoms with E-state index in [1.807, 2.05) is 79.6 Å². The van der Waals surface area contributed by atoms with Crippen LogP contribution in [-0.4, -0.2) is 34.6 Å². The van der Waals surface area contributed by atoms with Gasteiger partial charge in [0.2, 0.25) is 5.91 Å². The third-order valence-corrected chi connectivity index (χ3v) is 6.39. The molecule has 1 atom stereocenters. The summed E-state index contributed by atoms with van der Waals surface area (Å²) in [5, 5.41) is 5.66. The first-order valence-corrected chi connectivity index (χ1v) is 12.3. The minimum absolute atomic E-state index is 0.0453. The number of carbonyl (C=O) groups is 2. The number of nitrogens with zero attached hydrogens (tertiary/aromatic N) is 2. The van der Waals surface area contributed by atoms with Gasteiger partial charge in [0, 0.05) is 17.3 Å². The molecular weight excluding hydrogens is 446 g/mol. The molecule has 0 saturated heterocycles. The Balaban J connectivity index is 1.88. The average Bonchev–Trinajstić information content (AvgIpc) is 3.20. The molecule has 2 aliphatic rings. The summed E-state index contributed by atoms with van der Waals surface area (Å²) < 4.78 is 5.53. The van der Waals surface area contributed by atoms with E-state index in [-0.39, 0.29) is 25.0 Å². The zero-order valence-electron chi connectivity index (χ0n) is 19.9. The van der Waals surface area contributed by atoms with Gasteiger partial charge in [0.15, 0.2) is 5.17 Å². The molecule has 0 fully saturated rings. The van der Waals surface area contributed by atoms with E-state index in [0.29, 0.717) is 11.3 Å². The van der Waals surface area contributed by atoms with Gasteiger partial charge in [-0.2, -0.15) is 0 Å². The molecule has 1 amide bonds. The highest BCUT2D eigenvalue weighted by Crippen LogP contribution is 2.47. The molecule has 0 spiro atoms. The molecule has 0 bridgehead atoms. The van der Waals surface area contributed by atoms with Crippen molar-refractivity contribution in [3.05, 3.63) is 88.0 Å². The number of hydrogen-bond acceptors (Lipinski definition) is 6. The molecule has 7 heteroatoms. The fourth-order valence-electron chi connectivity index (χ4n) is 4.18. The van der Waals surface area contributed by atoms with Crippen molar-refractivity contribution in [2.75, 3.05) is 6.61 Å². The van der Waals surface area contributed by atoms with Crippen LogP contribution in [0.15, 0.2) is 76.3 Å². The summed E-state index contributed by atoms with van der Waals surface area (Å²) >= 11 is 1.47. The summed E-state index contributed by atoms with van der Waals surface area (Å²) in [6, 6.07) is 17.4. The molecule has 1 N–H and O–H groups in total. The van der Waals surface area contributed by atoms with Gasteiger partial charge in [0.25, 0.3) is 0 Å². The number of carbonyl (C=O) groups excluding carboxylic acids is 2. The number of esters is 1. The van der Waals surface area contributed by atoms with Crippen molar-refractivity contribution in [1.82, 2.24) is 10.2 Å². The summed E-state index contributed by atoms with van der Waals surface area (Å²) in [6.07, 6.45) is 0.198. The summed E-state index contributed by atoms with van der Waals surface area (Å²) in [6.45, 7) is 7.96. The van der Waals surface area contributed by atoms with Crippen LogP contribution in [0, 0.1) is 6.92 Å². The third-order valence-electron chi connectivity index (χ3n) is 5.50. The SMILES string of the molecule is CCOC(=O)C1=C(c2ccccc2)N=C2SC=C(CC(=O)NC(C)C)N2[C@@H]1c1cccc(C)c1. The number of hydrogen-bond donors (Lipinski definition) is 1. The first kappa shape index (κ1) is 23.8. The summed E-state index contributed by atoms with van der Waals surface area (Å²) in [7, 11) is 0. The second kappa shape index (κ2) is 10.3. The van der Waals surface area contributed by atoms with Gasteiger partial charge in [0.05, 0.1) is 30.3 Å². The molecule has 4 rings (SSSR count). The maximum atomic E-state index is 13.4.